The van der Waals surface area contributed by atoms with E-state index in [4.69, 9.17) is 9.84 Å². The molecular weight excluding hydrogens is 242 g/mol. The quantitative estimate of drug-likeness (QED) is 0.770. The summed E-state index contributed by atoms with van der Waals surface area (Å²) in [6.07, 6.45) is 3.19. The third-order valence-electron chi connectivity index (χ3n) is 2.87. The average molecular weight is 263 g/mol. The molecule has 0 heterocycles. The molecule has 0 fully saturated rings. The van der Waals surface area contributed by atoms with Crippen LogP contribution in [0.3, 0.4) is 0 Å². The molecule has 0 saturated carbocycles. The minimum atomic E-state index is -0.215. The van der Waals surface area contributed by atoms with E-state index in [2.05, 4.69) is 5.32 Å². The van der Waals surface area contributed by atoms with Gasteiger partial charge in [0.25, 0.3) is 0 Å². The lowest BCUT2D eigenvalue weighted by molar-refractivity contribution is -0.117. The number of aliphatic hydroxyl groups excluding tert-OH is 1. The number of amides is 1. The summed E-state index contributed by atoms with van der Waals surface area (Å²) in [7, 11) is 1.61. The zero-order valence-electron chi connectivity index (χ0n) is 11.6. The summed E-state index contributed by atoms with van der Waals surface area (Å²) >= 11 is 0. The number of rotatable bonds is 6. The largest absolute Gasteiger partial charge is 0.497 e. The van der Waals surface area contributed by atoms with Gasteiger partial charge in [0.05, 0.1) is 19.8 Å². The Bertz CT molecular complexity index is 424. The van der Waals surface area contributed by atoms with Gasteiger partial charge in [-0.2, -0.15) is 0 Å². The lowest BCUT2D eigenvalue weighted by atomic mass is 10.1. The summed E-state index contributed by atoms with van der Waals surface area (Å²) in [6, 6.07) is 7.20. The Morgan fingerprint density at radius 1 is 1.37 bits per heavy atom. The molecular formula is C15H21NO3. The summed E-state index contributed by atoms with van der Waals surface area (Å²) in [5.74, 6) is 0.772. The van der Waals surface area contributed by atoms with Gasteiger partial charge in [-0.05, 0) is 29.7 Å². The number of methoxy groups -OCH3 is 1. The van der Waals surface area contributed by atoms with E-state index < -0.39 is 0 Å². The number of ether oxygens (including phenoxy) is 1. The first-order chi connectivity index (χ1) is 9.06. The topological polar surface area (TPSA) is 58.6 Å². The van der Waals surface area contributed by atoms with Gasteiger partial charge in [-0.25, -0.2) is 0 Å². The second-order valence-corrected chi connectivity index (χ2v) is 4.65. The molecule has 0 aromatic heterocycles. The first kappa shape index (κ1) is 15.2. The Balaban J connectivity index is 2.57. The molecule has 104 valence electrons. The van der Waals surface area contributed by atoms with Crippen LogP contribution >= 0.6 is 0 Å². The number of hydrogen-bond acceptors (Lipinski definition) is 3. The van der Waals surface area contributed by atoms with Crippen molar-refractivity contribution in [2.45, 2.75) is 19.9 Å². The highest BCUT2D eigenvalue weighted by molar-refractivity contribution is 5.91. The average Bonchev–Trinajstić information content (AvgIpc) is 2.42. The summed E-state index contributed by atoms with van der Waals surface area (Å²) in [6.45, 7) is 3.85. The number of aliphatic hydroxyl groups is 1. The monoisotopic (exact) mass is 263 g/mol. The fourth-order valence-corrected chi connectivity index (χ4v) is 1.54. The van der Waals surface area contributed by atoms with Crippen LogP contribution in [-0.2, 0) is 4.79 Å². The van der Waals surface area contributed by atoms with Gasteiger partial charge in [0.1, 0.15) is 5.75 Å². The predicted octanol–water partition coefficient (Wildman–Crippen LogP) is 1.84. The van der Waals surface area contributed by atoms with E-state index in [1.165, 1.54) is 6.08 Å². The maximum absolute atomic E-state index is 11.7. The normalized spacial score (nSPS) is 12.7. The van der Waals surface area contributed by atoms with Crippen LogP contribution in [0.5, 0.6) is 5.75 Å². The molecule has 0 aliphatic carbocycles. The molecule has 0 bridgehead atoms. The first-order valence-corrected chi connectivity index (χ1v) is 6.30. The lowest BCUT2D eigenvalue weighted by Crippen LogP contribution is -2.40. The van der Waals surface area contributed by atoms with Crippen LogP contribution in [0.25, 0.3) is 6.08 Å². The van der Waals surface area contributed by atoms with E-state index in [1.54, 1.807) is 13.2 Å². The molecule has 0 radical (unpaired) electrons. The maximum atomic E-state index is 11.7. The molecule has 1 rings (SSSR count). The molecule has 0 aliphatic heterocycles. The van der Waals surface area contributed by atoms with E-state index in [-0.39, 0.29) is 24.5 Å². The maximum Gasteiger partial charge on any atom is 0.244 e. The second-order valence-electron chi connectivity index (χ2n) is 4.65. The predicted molar refractivity (Wildman–Crippen MR) is 75.9 cm³/mol. The van der Waals surface area contributed by atoms with E-state index in [1.807, 2.05) is 38.1 Å². The SMILES string of the molecule is COc1ccc(C=CC(=O)NC(CO)C(C)C)cc1. The molecule has 4 nitrogen and oxygen atoms in total. The molecule has 1 unspecified atom stereocenters. The van der Waals surface area contributed by atoms with Gasteiger partial charge in [0.15, 0.2) is 0 Å². The highest BCUT2D eigenvalue weighted by atomic mass is 16.5. The Morgan fingerprint density at radius 3 is 2.47 bits per heavy atom. The molecule has 1 amide bonds. The van der Waals surface area contributed by atoms with E-state index in [0.717, 1.165) is 11.3 Å². The molecule has 4 heteroatoms. The number of nitrogens with one attached hydrogen (secondary N) is 1. The summed E-state index contributed by atoms with van der Waals surface area (Å²) in [4.78, 5) is 11.7. The molecule has 0 saturated heterocycles. The Hall–Kier alpha value is -1.81. The first-order valence-electron chi connectivity index (χ1n) is 6.30. The van der Waals surface area contributed by atoms with Crippen molar-refractivity contribution in [3.8, 4) is 5.75 Å². The number of hydrogen-bond donors (Lipinski definition) is 2. The van der Waals surface area contributed by atoms with Crippen LogP contribution in [-0.4, -0.2) is 30.8 Å². The smallest absolute Gasteiger partial charge is 0.244 e. The summed E-state index contributed by atoms with van der Waals surface area (Å²) in [5, 5.41) is 11.9. The Morgan fingerprint density at radius 2 is 2.00 bits per heavy atom. The Labute approximate surface area is 114 Å². The summed E-state index contributed by atoms with van der Waals surface area (Å²) in [5.41, 5.74) is 0.918. The lowest BCUT2D eigenvalue weighted by Gasteiger charge is -2.18. The standard InChI is InChI=1S/C15H21NO3/c1-11(2)14(10-17)16-15(18)9-6-12-4-7-13(19-3)8-5-12/h4-9,11,14,17H,10H2,1-3H3,(H,16,18). The van der Waals surface area contributed by atoms with Gasteiger partial charge in [0.2, 0.25) is 5.91 Å². The van der Waals surface area contributed by atoms with Gasteiger partial charge in [-0.1, -0.05) is 26.0 Å². The Kier molecular flexibility index (Phi) is 6.09. The minimum absolute atomic E-state index is 0.0558. The molecule has 0 aliphatic rings. The third-order valence-corrected chi connectivity index (χ3v) is 2.87. The molecule has 0 spiro atoms. The fourth-order valence-electron chi connectivity index (χ4n) is 1.54. The van der Waals surface area contributed by atoms with Crippen LogP contribution in [0.1, 0.15) is 19.4 Å². The van der Waals surface area contributed by atoms with Gasteiger partial charge in [-0.15, -0.1) is 0 Å². The van der Waals surface area contributed by atoms with E-state index >= 15 is 0 Å². The van der Waals surface area contributed by atoms with E-state index in [9.17, 15) is 4.79 Å². The van der Waals surface area contributed by atoms with E-state index in [0.29, 0.717) is 0 Å². The van der Waals surface area contributed by atoms with Crippen molar-refractivity contribution in [1.82, 2.24) is 5.32 Å². The van der Waals surface area contributed by atoms with Crippen LogP contribution in [0.4, 0.5) is 0 Å². The fraction of sp³-hybridized carbons (Fsp3) is 0.400. The van der Waals surface area contributed by atoms with Gasteiger partial charge in [0, 0.05) is 6.08 Å². The van der Waals surface area contributed by atoms with Crippen molar-refractivity contribution in [3.05, 3.63) is 35.9 Å². The number of carbonyl (C=O) groups excluding carboxylic acids is 1. The molecule has 1 atom stereocenters. The van der Waals surface area contributed by atoms with Crippen LogP contribution in [0, 0.1) is 5.92 Å². The van der Waals surface area contributed by atoms with Crippen LogP contribution < -0.4 is 10.1 Å². The van der Waals surface area contributed by atoms with Crippen LogP contribution in [0.2, 0.25) is 0 Å². The number of carbonyl (C=O) groups is 1. The van der Waals surface area contributed by atoms with Gasteiger partial charge >= 0.3 is 0 Å². The molecule has 19 heavy (non-hydrogen) atoms. The van der Waals surface area contributed by atoms with Crippen molar-refractivity contribution < 1.29 is 14.6 Å². The molecule has 2 N–H and O–H groups in total. The highest BCUT2D eigenvalue weighted by Gasteiger charge is 2.13. The van der Waals surface area contributed by atoms with Crippen molar-refractivity contribution in [3.63, 3.8) is 0 Å². The molecule has 1 aromatic rings. The van der Waals surface area contributed by atoms with Gasteiger partial charge < -0.3 is 15.2 Å². The zero-order valence-corrected chi connectivity index (χ0v) is 11.6. The molecule has 1 aromatic carbocycles. The van der Waals surface area contributed by atoms with Crippen molar-refractivity contribution in [2.24, 2.45) is 5.92 Å². The zero-order chi connectivity index (χ0) is 14.3. The summed E-state index contributed by atoms with van der Waals surface area (Å²) < 4.78 is 5.06. The van der Waals surface area contributed by atoms with Crippen LogP contribution in [0.15, 0.2) is 30.3 Å². The van der Waals surface area contributed by atoms with Crippen molar-refractivity contribution in [1.29, 1.82) is 0 Å². The van der Waals surface area contributed by atoms with Crippen molar-refractivity contribution >= 4 is 12.0 Å². The number of benzene rings is 1. The highest BCUT2D eigenvalue weighted by Crippen LogP contribution is 2.12. The minimum Gasteiger partial charge on any atom is -0.497 e. The second kappa shape index (κ2) is 7.59. The van der Waals surface area contributed by atoms with Gasteiger partial charge in [-0.3, -0.25) is 4.79 Å². The third kappa shape index (κ3) is 5.14. The van der Waals surface area contributed by atoms with Crippen molar-refractivity contribution in [2.75, 3.05) is 13.7 Å².